The van der Waals surface area contributed by atoms with Crippen molar-refractivity contribution in [1.29, 1.82) is 0 Å². The molecule has 1 aromatic carbocycles. The molecule has 1 aliphatic carbocycles. The van der Waals surface area contributed by atoms with Gasteiger partial charge in [0.1, 0.15) is 5.82 Å². The van der Waals surface area contributed by atoms with Crippen LogP contribution in [0.1, 0.15) is 42.5 Å². The Morgan fingerprint density at radius 1 is 1.22 bits per heavy atom. The summed E-state index contributed by atoms with van der Waals surface area (Å²) in [7, 11) is 0. The molecule has 4 heteroatoms. The highest BCUT2D eigenvalue weighted by Crippen LogP contribution is 2.17. The second-order valence-electron chi connectivity index (χ2n) is 4.86. The van der Waals surface area contributed by atoms with Crippen LogP contribution in [0.15, 0.2) is 24.3 Å². The van der Waals surface area contributed by atoms with E-state index in [0.717, 1.165) is 32.1 Å². The molecule has 0 saturated heterocycles. The Morgan fingerprint density at radius 3 is 2.72 bits per heavy atom. The van der Waals surface area contributed by atoms with E-state index in [1.54, 1.807) is 12.1 Å². The number of carbonyl (C=O) groups is 1. The molecule has 1 amide bonds. The highest BCUT2D eigenvalue weighted by atomic mass is 19.1. The summed E-state index contributed by atoms with van der Waals surface area (Å²) in [4.78, 5) is 12.0. The third-order valence-corrected chi connectivity index (χ3v) is 3.50. The summed E-state index contributed by atoms with van der Waals surface area (Å²) >= 11 is 0. The Morgan fingerprint density at radius 2 is 1.94 bits per heavy atom. The largest absolute Gasteiger partial charge is 0.348 e. The molecule has 0 bridgehead atoms. The lowest BCUT2D eigenvalue weighted by atomic mass is 10.0. The van der Waals surface area contributed by atoms with Crippen molar-refractivity contribution in [3.63, 3.8) is 0 Å². The predicted molar refractivity (Wildman–Crippen MR) is 68.7 cm³/mol. The van der Waals surface area contributed by atoms with E-state index in [9.17, 15) is 9.18 Å². The Balaban J connectivity index is 2.04. The molecule has 2 rings (SSSR count). The molecule has 1 aromatic rings. The van der Waals surface area contributed by atoms with Crippen LogP contribution in [-0.4, -0.2) is 18.0 Å². The quantitative estimate of drug-likeness (QED) is 0.791. The summed E-state index contributed by atoms with van der Waals surface area (Å²) in [6, 6.07) is 5.95. The molecule has 1 aliphatic rings. The minimum Gasteiger partial charge on any atom is -0.348 e. The first-order valence-electron chi connectivity index (χ1n) is 6.49. The van der Waals surface area contributed by atoms with Gasteiger partial charge in [-0.15, -0.1) is 0 Å². The zero-order valence-electron chi connectivity index (χ0n) is 10.4. The van der Waals surface area contributed by atoms with Crippen LogP contribution in [0.3, 0.4) is 0 Å². The highest BCUT2D eigenvalue weighted by Gasteiger charge is 2.23. The molecule has 98 valence electrons. The molecule has 18 heavy (non-hydrogen) atoms. The fourth-order valence-electron chi connectivity index (χ4n) is 2.41. The number of benzene rings is 1. The standard InChI is InChI=1S/C14H19FN2O/c15-11-7-5-4-6-10(11)14(18)17-13-9-3-1-2-8-12(13)16/h4-7,12-13H,1-3,8-9,16H2,(H,17,18). The zero-order valence-corrected chi connectivity index (χ0v) is 10.4. The lowest BCUT2D eigenvalue weighted by molar-refractivity contribution is 0.0924. The predicted octanol–water partition coefficient (Wildman–Crippen LogP) is 2.22. The average Bonchev–Trinajstić information content (AvgIpc) is 2.55. The molecular formula is C14H19FN2O. The van der Waals surface area contributed by atoms with Crippen molar-refractivity contribution in [2.75, 3.05) is 0 Å². The number of carbonyl (C=O) groups excluding carboxylic acids is 1. The van der Waals surface area contributed by atoms with Crippen molar-refractivity contribution < 1.29 is 9.18 Å². The molecule has 3 N–H and O–H groups in total. The normalized spacial score (nSPS) is 24.3. The van der Waals surface area contributed by atoms with Gasteiger partial charge in [-0.05, 0) is 25.0 Å². The number of rotatable bonds is 2. The molecule has 1 fully saturated rings. The first-order chi connectivity index (χ1) is 8.68. The molecular weight excluding hydrogens is 231 g/mol. The van der Waals surface area contributed by atoms with Crippen LogP contribution < -0.4 is 11.1 Å². The topological polar surface area (TPSA) is 55.1 Å². The van der Waals surface area contributed by atoms with E-state index in [1.807, 2.05) is 0 Å². The van der Waals surface area contributed by atoms with Gasteiger partial charge in [0.05, 0.1) is 5.56 Å². The first-order valence-corrected chi connectivity index (χ1v) is 6.49. The van der Waals surface area contributed by atoms with Gasteiger partial charge in [0, 0.05) is 12.1 Å². The van der Waals surface area contributed by atoms with Gasteiger partial charge in [-0.25, -0.2) is 4.39 Å². The van der Waals surface area contributed by atoms with Gasteiger partial charge in [-0.2, -0.15) is 0 Å². The van der Waals surface area contributed by atoms with Crippen molar-refractivity contribution in [1.82, 2.24) is 5.32 Å². The van der Waals surface area contributed by atoms with E-state index in [2.05, 4.69) is 5.32 Å². The Bertz CT molecular complexity index is 422. The van der Waals surface area contributed by atoms with Crippen LogP contribution in [0.5, 0.6) is 0 Å². The third-order valence-electron chi connectivity index (χ3n) is 3.50. The van der Waals surface area contributed by atoms with Crippen molar-refractivity contribution in [2.24, 2.45) is 5.73 Å². The number of hydrogen-bond donors (Lipinski definition) is 2. The van der Waals surface area contributed by atoms with Crippen LogP contribution in [0.4, 0.5) is 4.39 Å². The lowest BCUT2D eigenvalue weighted by Crippen LogP contribution is -2.47. The van der Waals surface area contributed by atoms with Crippen LogP contribution >= 0.6 is 0 Å². The molecule has 0 aliphatic heterocycles. The molecule has 2 atom stereocenters. The summed E-state index contributed by atoms with van der Waals surface area (Å²) in [5.41, 5.74) is 6.13. The van der Waals surface area contributed by atoms with Crippen molar-refractivity contribution in [2.45, 2.75) is 44.2 Å². The van der Waals surface area contributed by atoms with Crippen LogP contribution in [0.25, 0.3) is 0 Å². The minimum atomic E-state index is -0.489. The summed E-state index contributed by atoms with van der Waals surface area (Å²) in [6.45, 7) is 0. The second kappa shape index (κ2) is 5.96. The molecule has 0 heterocycles. The maximum atomic E-state index is 13.5. The van der Waals surface area contributed by atoms with E-state index in [0.29, 0.717) is 0 Å². The van der Waals surface area contributed by atoms with Gasteiger partial charge >= 0.3 is 0 Å². The monoisotopic (exact) mass is 250 g/mol. The van der Waals surface area contributed by atoms with Crippen molar-refractivity contribution >= 4 is 5.91 Å². The fraction of sp³-hybridized carbons (Fsp3) is 0.500. The molecule has 3 nitrogen and oxygen atoms in total. The zero-order chi connectivity index (χ0) is 13.0. The fourth-order valence-corrected chi connectivity index (χ4v) is 2.41. The SMILES string of the molecule is NC1CCCCCC1NC(=O)c1ccccc1F. The Labute approximate surface area is 107 Å². The average molecular weight is 250 g/mol. The number of nitrogens with two attached hydrogens (primary N) is 1. The van der Waals surface area contributed by atoms with Gasteiger partial charge < -0.3 is 11.1 Å². The maximum Gasteiger partial charge on any atom is 0.254 e. The van der Waals surface area contributed by atoms with E-state index in [4.69, 9.17) is 5.73 Å². The lowest BCUT2D eigenvalue weighted by Gasteiger charge is -2.22. The van der Waals surface area contributed by atoms with Gasteiger partial charge in [0.2, 0.25) is 0 Å². The number of amides is 1. The summed E-state index contributed by atoms with van der Waals surface area (Å²) in [6.07, 6.45) is 5.12. The highest BCUT2D eigenvalue weighted by molar-refractivity contribution is 5.94. The van der Waals surface area contributed by atoms with Crippen LogP contribution in [-0.2, 0) is 0 Å². The minimum absolute atomic E-state index is 0.0248. The second-order valence-corrected chi connectivity index (χ2v) is 4.86. The summed E-state index contributed by atoms with van der Waals surface area (Å²) in [5, 5.41) is 2.86. The third kappa shape index (κ3) is 3.07. The van der Waals surface area contributed by atoms with Crippen molar-refractivity contribution in [3.8, 4) is 0 Å². The van der Waals surface area contributed by atoms with E-state index in [1.165, 1.54) is 12.1 Å². The van der Waals surface area contributed by atoms with E-state index < -0.39 is 5.82 Å². The van der Waals surface area contributed by atoms with Crippen LogP contribution in [0.2, 0.25) is 0 Å². The first kappa shape index (κ1) is 13.0. The molecule has 0 radical (unpaired) electrons. The number of nitrogens with one attached hydrogen (secondary N) is 1. The number of hydrogen-bond acceptors (Lipinski definition) is 2. The number of halogens is 1. The Hall–Kier alpha value is -1.42. The molecule has 0 spiro atoms. The maximum absolute atomic E-state index is 13.5. The van der Waals surface area contributed by atoms with E-state index >= 15 is 0 Å². The summed E-state index contributed by atoms with van der Waals surface area (Å²) in [5.74, 6) is -0.854. The Kier molecular flexibility index (Phi) is 4.31. The van der Waals surface area contributed by atoms with Gasteiger partial charge in [-0.3, -0.25) is 4.79 Å². The molecule has 1 saturated carbocycles. The van der Waals surface area contributed by atoms with Gasteiger partial charge in [-0.1, -0.05) is 31.4 Å². The van der Waals surface area contributed by atoms with Crippen LogP contribution in [0, 0.1) is 5.82 Å². The van der Waals surface area contributed by atoms with Gasteiger partial charge in [0.25, 0.3) is 5.91 Å². The molecule has 0 aromatic heterocycles. The molecule has 2 unspecified atom stereocenters. The van der Waals surface area contributed by atoms with Crippen molar-refractivity contribution in [3.05, 3.63) is 35.6 Å². The summed E-state index contributed by atoms with van der Waals surface area (Å²) < 4.78 is 13.5. The van der Waals surface area contributed by atoms with Gasteiger partial charge in [0.15, 0.2) is 0 Å². The van der Waals surface area contributed by atoms with E-state index in [-0.39, 0.29) is 23.6 Å². The smallest absolute Gasteiger partial charge is 0.254 e.